The summed E-state index contributed by atoms with van der Waals surface area (Å²) in [7, 11) is 2.01. The quantitative estimate of drug-likeness (QED) is 0.537. The third-order valence-corrected chi connectivity index (χ3v) is 2.29. The Balaban J connectivity index is 2.25. The Kier molecular flexibility index (Phi) is 5.30. The van der Waals surface area contributed by atoms with Gasteiger partial charge in [-0.05, 0) is 18.9 Å². The summed E-state index contributed by atoms with van der Waals surface area (Å²) in [6, 6.07) is 1.82. The van der Waals surface area contributed by atoms with Crippen LogP contribution in [0.5, 0.6) is 0 Å². The van der Waals surface area contributed by atoms with Gasteiger partial charge in [0.1, 0.15) is 0 Å². The van der Waals surface area contributed by atoms with Gasteiger partial charge in [0.15, 0.2) is 0 Å². The molecule has 0 aliphatic rings. The highest BCUT2D eigenvalue weighted by molar-refractivity contribution is 6.17. The topological polar surface area (TPSA) is 29.0 Å². The van der Waals surface area contributed by atoms with E-state index in [1.165, 1.54) is 6.42 Å². The maximum atomic E-state index is 5.60. The van der Waals surface area contributed by atoms with Gasteiger partial charge in [0.2, 0.25) is 5.95 Å². The highest BCUT2D eigenvalue weighted by atomic mass is 35.5. The molecule has 0 spiro atoms. The Morgan fingerprint density at radius 1 is 1.21 bits per heavy atom. The van der Waals surface area contributed by atoms with E-state index in [1.54, 1.807) is 12.4 Å². The zero-order valence-corrected chi connectivity index (χ0v) is 9.24. The van der Waals surface area contributed by atoms with E-state index < -0.39 is 0 Å². The first-order valence-corrected chi connectivity index (χ1v) is 5.42. The number of nitrogens with zero attached hydrogens (tertiary/aromatic N) is 3. The lowest BCUT2D eigenvalue weighted by Gasteiger charge is -2.15. The first-order chi connectivity index (χ1) is 6.84. The lowest BCUT2D eigenvalue weighted by molar-refractivity contribution is 0.698. The maximum Gasteiger partial charge on any atom is 0.224 e. The third-order valence-electron chi connectivity index (χ3n) is 2.02. The van der Waals surface area contributed by atoms with Crippen LogP contribution >= 0.6 is 11.6 Å². The number of halogens is 1. The smallest absolute Gasteiger partial charge is 0.224 e. The van der Waals surface area contributed by atoms with Crippen LogP contribution in [0.3, 0.4) is 0 Å². The maximum absolute atomic E-state index is 5.60. The van der Waals surface area contributed by atoms with Gasteiger partial charge in [0.05, 0.1) is 0 Å². The molecule has 0 fully saturated rings. The zero-order chi connectivity index (χ0) is 10.2. The predicted octanol–water partition coefficient (Wildman–Crippen LogP) is 2.32. The van der Waals surface area contributed by atoms with Crippen molar-refractivity contribution in [1.82, 2.24) is 9.97 Å². The van der Waals surface area contributed by atoms with Crippen LogP contribution in [0, 0.1) is 0 Å². The van der Waals surface area contributed by atoms with E-state index in [4.69, 9.17) is 11.6 Å². The summed E-state index contributed by atoms with van der Waals surface area (Å²) in [5, 5.41) is 0. The summed E-state index contributed by atoms with van der Waals surface area (Å²) in [6.45, 7) is 0.987. The van der Waals surface area contributed by atoms with Gasteiger partial charge in [-0.1, -0.05) is 6.42 Å². The fourth-order valence-corrected chi connectivity index (χ4v) is 1.40. The van der Waals surface area contributed by atoms with E-state index in [-0.39, 0.29) is 0 Å². The summed E-state index contributed by atoms with van der Waals surface area (Å²) in [5.74, 6) is 1.55. The molecule has 0 aliphatic carbocycles. The van der Waals surface area contributed by atoms with Crippen molar-refractivity contribution in [2.24, 2.45) is 0 Å². The van der Waals surface area contributed by atoms with Crippen LogP contribution in [0.2, 0.25) is 0 Å². The molecule has 1 aromatic rings. The lowest BCUT2D eigenvalue weighted by atomic mass is 10.2. The van der Waals surface area contributed by atoms with Crippen molar-refractivity contribution in [2.45, 2.75) is 19.3 Å². The van der Waals surface area contributed by atoms with E-state index in [0.717, 1.165) is 31.2 Å². The normalized spacial score (nSPS) is 10.1. The molecule has 3 nitrogen and oxygen atoms in total. The highest BCUT2D eigenvalue weighted by Gasteiger charge is 2.01. The molecule has 1 rings (SSSR count). The molecule has 0 radical (unpaired) electrons. The Hall–Kier alpha value is -0.830. The molecule has 0 saturated carbocycles. The second-order valence-corrected chi connectivity index (χ2v) is 3.60. The SMILES string of the molecule is CN(CCCCCCl)c1ncccn1. The molecule has 1 heterocycles. The van der Waals surface area contributed by atoms with Crippen molar-refractivity contribution in [3.63, 3.8) is 0 Å². The number of alkyl halides is 1. The largest absolute Gasteiger partial charge is 0.344 e. The fourth-order valence-electron chi connectivity index (χ4n) is 1.21. The van der Waals surface area contributed by atoms with Crippen molar-refractivity contribution in [3.05, 3.63) is 18.5 Å². The standard InChI is InChI=1S/C10H16ClN3/c1-14(9-4-2-3-6-11)10-12-7-5-8-13-10/h5,7-8H,2-4,6,9H2,1H3. The molecule has 0 N–H and O–H groups in total. The van der Waals surface area contributed by atoms with E-state index in [2.05, 4.69) is 14.9 Å². The van der Waals surface area contributed by atoms with Gasteiger partial charge in [-0.25, -0.2) is 9.97 Å². The van der Waals surface area contributed by atoms with Crippen LogP contribution in [0.1, 0.15) is 19.3 Å². The average molecular weight is 214 g/mol. The highest BCUT2D eigenvalue weighted by Crippen LogP contribution is 2.05. The zero-order valence-electron chi connectivity index (χ0n) is 8.49. The minimum absolute atomic E-state index is 0.756. The molecule has 0 aromatic carbocycles. The summed E-state index contributed by atoms with van der Waals surface area (Å²) >= 11 is 5.60. The van der Waals surface area contributed by atoms with Gasteiger partial charge in [0.25, 0.3) is 0 Å². The van der Waals surface area contributed by atoms with Crippen LogP contribution in [0.15, 0.2) is 18.5 Å². The van der Waals surface area contributed by atoms with E-state index in [1.807, 2.05) is 13.1 Å². The van der Waals surface area contributed by atoms with E-state index in [9.17, 15) is 0 Å². The molecule has 0 bridgehead atoms. The van der Waals surface area contributed by atoms with Gasteiger partial charge in [-0.2, -0.15) is 0 Å². The van der Waals surface area contributed by atoms with Gasteiger partial charge in [0, 0.05) is 31.9 Å². The molecule has 0 atom stereocenters. The van der Waals surface area contributed by atoms with E-state index >= 15 is 0 Å². The molecule has 78 valence electrons. The number of anilines is 1. The fraction of sp³-hybridized carbons (Fsp3) is 0.600. The van der Waals surface area contributed by atoms with Crippen molar-refractivity contribution in [3.8, 4) is 0 Å². The molecule has 0 saturated heterocycles. The molecule has 0 aliphatic heterocycles. The summed E-state index contributed by atoms with van der Waals surface area (Å²) in [4.78, 5) is 10.4. The van der Waals surface area contributed by atoms with E-state index in [0.29, 0.717) is 0 Å². The molecule has 14 heavy (non-hydrogen) atoms. The number of unbranched alkanes of at least 4 members (excludes halogenated alkanes) is 2. The Bertz CT molecular complexity index is 240. The van der Waals surface area contributed by atoms with Gasteiger partial charge >= 0.3 is 0 Å². The number of aromatic nitrogens is 2. The minimum atomic E-state index is 0.756. The monoisotopic (exact) mass is 213 g/mol. The third kappa shape index (κ3) is 3.92. The minimum Gasteiger partial charge on any atom is -0.344 e. The first kappa shape index (κ1) is 11.2. The van der Waals surface area contributed by atoms with Gasteiger partial charge in [-0.15, -0.1) is 11.6 Å². The Labute approximate surface area is 90.1 Å². The van der Waals surface area contributed by atoms with Crippen LogP contribution in [0.25, 0.3) is 0 Å². The molecule has 0 amide bonds. The van der Waals surface area contributed by atoms with Crippen LogP contribution in [-0.4, -0.2) is 29.4 Å². The molecular weight excluding hydrogens is 198 g/mol. The molecule has 4 heteroatoms. The number of hydrogen-bond donors (Lipinski definition) is 0. The average Bonchev–Trinajstić information content (AvgIpc) is 2.25. The van der Waals surface area contributed by atoms with Gasteiger partial charge < -0.3 is 4.90 Å². The second kappa shape index (κ2) is 6.60. The Morgan fingerprint density at radius 2 is 1.93 bits per heavy atom. The Morgan fingerprint density at radius 3 is 2.57 bits per heavy atom. The first-order valence-electron chi connectivity index (χ1n) is 4.88. The molecule has 1 aromatic heterocycles. The summed E-state index contributed by atoms with van der Waals surface area (Å²) in [5.41, 5.74) is 0. The van der Waals surface area contributed by atoms with Crippen LogP contribution in [0.4, 0.5) is 5.95 Å². The number of rotatable bonds is 6. The van der Waals surface area contributed by atoms with Crippen LogP contribution < -0.4 is 4.90 Å². The molecule has 0 unspecified atom stereocenters. The van der Waals surface area contributed by atoms with Gasteiger partial charge in [-0.3, -0.25) is 0 Å². The molecular formula is C10H16ClN3. The summed E-state index contributed by atoms with van der Waals surface area (Å²) in [6.07, 6.45) is 6.92. The van der Waals surface area contributed by atoms with Crippen molar-refractivity contribution >= 4 is 17.5 Å². The predicted molar refractivity (Wildman–Crippen MR) is 59.9 cm³/mol. The van der Waals surface area contributed by atoms with Crippen molar-refractivity contribution in [2.75, 3.05) is 24.4 Å². The van der Waals surface area contributed by atoms with Crippen LogP contribution in [-0.2, 0) is 0 Å². The second-order valence-electron chi connectivity index (χ2n) is 3.22. The van der Waals surface area contributed by atoms with Crippen molar-refractivity contribution in [1.29, 1.82) is 0 Å². The summed E-state index contributed by atoms with van der Waals surface area (Å²) < 4.78 is 0. The lowest BCUT2D eigenvalue weighted by Crippen LogP contribution is -2.20. The number of hydrogen-bond acceptors (Lipinski definition) is 3. The van der Waals surface area contributed by atoms with Crippen molar-refractivity contribution < 1.29 is 0 Å².